The van der Waals surface area contributed by atoms with Crippen molar-refractivity contribution in [3.8, 4) is 66.8 Å². The normalized spacial score (nSPS) is 12.1. The number of aromatic amines is 3. The maximum atomic E-state index is 11.5. The molecule has 5 N–H and O–H groups in total. The number of nitrogens with zero attached hydrogens (tertiary/aromatic N) is 2. The van der Waals surface area contributed by atoms with Crippen molar-refractivity contribution in [3.63, 3.8) is 0 Å². The van der Waals surface area contributed by atoms with Crippen molar-refractivity contribution in [3.05, 3.63) is 351 Å². The number of pyridine rings is 1. The van der Waals surface area contributed by atoms with E-state index in [0.717, 1.165) is 77.9 Å². The standard InChI is InChI=1S/C16H13NO.C15H14N2.2C15H13NO.C15H12O2.C14H12N2/c1-11-3-2-4-12(9-11)13-5-7-15-14(10-13)6-8-16(18)17-15;1-10-4-3-5-12(8-10)13-6-7-14-15(9-13)17-11(2)16-14;1-10-3-2-4-11(7-10)12-5-6-14-13(8-12)9-16-15(14)17;1-10-3-2-4-11(7-10)12-5-6-13-9-15(17)16-14(13)8-12;1-10-3-2-4-11(7-10)12-5-6-14-13(8-12)9-17-15(14)16;1-10-3-2-4-11(7-10)12-5-6-13-14(8-12)16-9-15-13/h2-10H,1H3,(H,17,18);3-9H,1-2H3,(H,16,17);2*2-8H,9H2,1H3,(H,16,17);2-8H,9H2,1H3;2-9H,1H3,(H,15,16). The minimum Gasteiger partial charge on any atom is -0.457 e. The van der Waals surface area contributed by atoms with Crippen LogP contribution in [0.25, 0.3) is 99.7 Å². The molecule has 102 heavy (non-hydrogen) atoms. The first-order valence-corrected chi connectivity index (χ1v) is 34.1. The second kappa shape index (κ2) is 30.5. The van der Waals surface area contributed by atoms with Crippen molar-refractivity contribution in [2.45, 2.75) is 68.0 Å². The number of aryl methyl sites for hydroxylation is 7. The molecule has 0 saturated heterocycles. The maximum absolute atomic E-state index is 11.5. The van der Waals surface area contributed by atoms with E-state index >= 15 is 0 Å². The summed E-state index contributed by atoms with van der Waals surface area (Å²) < 4.78 is 5.00. The van der Waals surface area contributed by atoms with Gasteiger partial charge in [0, 0.05) is 34.9 Å². The lowest BCUT2D eigenvalue weighted by Gasteiger charge is -2.05. The van der Waals surface area contributed by atoms with Crippen molar-refractivity contribution in [2.24, 2.45) is 0 Å². The minimum absolute atomic E-state index is 0.0378. The molecule has 3 aliphatic heterocycles. The topological polar surface area (TPSA) is 175 Å². The summed E-state index contributed by atoms with van der Waals surface area (Å²) in [5.41, 5.74) is 32.5. The number of benzene rings is 12. The van der Waals surface area contributed by atoms with Gasteiger partial charge in [-0.05, 0) is 205 Å². The molecule has 0 bridgehead atoms. The molecule has 12 nitrogen and oxygen atoms in total. The van der Waals surface area contributed by atoms with Gasteiger partial charge in [-0.3, -0.25) is 14.4 Å². The van der Waals surface area contributed by atoms with E-state index in [9.17, 15) is 19.2 Å². The highest BCUT2D eigenvalue weighted by Gasteiger charge is 2.22. The summed E-state index contributed by atoms with van der Waals surface area (Å²) >= 11 is 0. The van der Waals surface area contributed by atoms with Gasteiger partial charge in [-0.15, -0.1) is 0 Å². The van der Waals surface area contributed by atoms with Crippen LogP contribution in [0.5, 0.6) is 0 Å². The van der Waals surface area contributed by atoms with Gasteiger partial charge in [-0.25, -0.2) is 14.8 Å². The maximum Gasteiger partial charge on any atom is 0.338 e. The van der Waals surface area contributed by atoms with Crippen LogP contribution in [0.15, 0.2) is 278 Å². The van der Waals surface area contributed by atoms with Gasteiger partial charge in [0.15, 0.2) is 0 Å². The number of nitrogens with one attached hydrogen (secondary N) is 5. The number of H-pyrrole nitrogens is 3. The Morgan fingerprint density at radius 1 is 0.363 bits per heavy atom. The Morgan fingerprint density at radius 2 is 0.814 bits per heavy atom. The average molecular weight is 1340 g/mol. The van der Waals surface area contributed by atoms with E-state index in [1.807, 2.05) is 73.7 Å². The van der Waals surface area contributed by atoms with Crippen LogP contribution in [0.3, 0.4) is 0 Å². The number of hydrogen-bond acceptors (Lipinski definition) is 7. The van der Waals surface area contributed by atoms with Crippen molar-refractivity contribution < 1.29 is 19.1 Å². The number of rotatable bonds is 6. The van der Waals surface area contributed by atoms with Gasteiger partial charge in [0.05, 0.1) is 40.4 Å². The summed E-state index contributed by atoms with van der Waals surface area (Å²) in [6, 6.07) is 90.7. The molecule has 0 saturated carbocycles. The summed E-state index contributed by atoms with van der Waals surface area (Å²) in [5, 5.41) is 6.77. The van der Waals surface area contributed by atoms with Gasteiger partial charge in [-0.1, -0.05) is 221 Å². The smallest absolute Gasteiger partial charge is 0.338 e. The molecule has 2 amide bonds. The Morgan fingerprint density at radius 3 is 1.36 bits per heavy atom. The molecule has 0 radical (unpaired) electrons. The second-order valence-corrected chi connectivity index (χ2v) is 26.1. The SMILES string of the molecule is Cc1cccc(-c2ccc3[nH]c(=O)ccc3c2)c1.Cc1cccc(-c2ccc3c(c2)CNC3=O)c1.Cc1cccc(-c2ccc3c(c2)COC3=O)c1.Cc1cccc(-c2ccc3c(c2)NC(=O)C3)c1.Cc1cccc(-c2ccc3nc(C)[nH]c3c2)c1.Cc1cccc(-c2ccc3nc[nH]c3c2)c1. The van der Waals surface area contributed by atoms with Crippen molar-refractivity contribution >= 4 is 56.4 Å². The fourth-order valence-corrected chi connectivity index (χ4v) is 12.8. The number of ether oxygens (including phenoxy) is 1. The van der Waals surface area contributed by atoms with Crippen LogP contribution >= 0.6 is 0 Å². The summed E-state index contributed by atoms with van der Waals surface area (Å²) in [6.45, 7) is 15.6. The van der Waals surface area contributed by atoms with Crippen LogP contribution in [0.2, 0.25) is 0 Å². The van der Waals surface area contributed by atoms with E-state index in [1.54, 1.807) is 12.4 Å². The number of aromatic nitrogens is 5. The highest BCUT2D eigenvalue weighted by Crippen LogP contribution is 2.33. The molecule has 0 fully saturated rings. The van der Waals surface area contributed by atoms with Crippen molar-refractivity contribution in [1.82, 2.24) is 30.2 Å². The lowest BCUT2D eigenvalue weighted by atomic mass is 9.99. The summed E-state index contributed by atoms with van der Waals surface area (Å²) in [5.74, 6) is 0.870. The Balaban J connectivity index is 0.000000109. The first kappa shape index (κ1) is 67.8. The van der Waals surface area contributed by atoms with E-state index in [1.165, 1.54) is 89.0 Å². The fraction of sp³-hybridized carbons (Fsp3) is 0.111. The van der Waals surface area contributed by atoms with Gasteiger partial charge in [0.25, 0.3) is 5.91 Å². The quantitative estimate of drug-likeness (QED) is 0.103. The summed E-state index contributed by atoms with van der Waals surface area (Å²) in [7, 11) is 0. The molecule has 18 rings (SSSR count). The number of esters is 1. The third-order valence-corrected chi connectivity index (χ3v) is 18.1. The van der Waals surface area contributed by atoms with Gasteiger partial charge in [0.1, 0.15) is 12.4 Å². The number of cyclic esters (lactones) is 1. The van der Waals surface area contributed by atoms with E-state index in [4.69, 9.17) is 4.74 Å². The lowest BCUT2D eigenvalue weighted by molar-refractivity contribution is -0.115. The van der Waals surface area contributed by atoms with E-state index in [2.05, 4.69) is 271 Å². The van der Waals surface area contributed by atoms with E-state index in [-0.39, 0.29) is 23.3 Å². The third-order valence-electron chi connectivity index (χ3n) is 18.1. The molecule has 0 atom stereocenters. The highest BCUT2D eigenvalue weighted by atomic mass is 16.5. The molecule has 0 spiro atoms. The number of carbonyl (C=O) groups is 3. The number of fused-ring (bicyclic) bond motifs is 6. The number of anilines is 1. The van der Waals surface area contributed by atoms with Crippen LogP contribution in [0.1, 0.15) is 76.6 Å². The molecule has 6 heterocycles. The largest absolute Gasteiger partial charge is 0.457 e. The Labute approximate surface area is 593 Å². The lowest BCUT2D eigenvalue weighted by Crippen LogP contribution is -2.12. The summed E-state index contributed by atoms with van der Waals surface area (Å²) in [4.78, 5) is 63.2. The molecule has 0 aliphatic carbocycles. The predicted molar refractivity (Wildman–Crippen MR) is 414 cm³/mol. The molecular weight excluding hydrogens is 1260 g/mol. The molecule has 3 aliphatic rings. The number of imidazole rings is 2. The van der Waals surface area contributed by atoms with Crippen LogP contribution in [0, 0.1) is 48.5 Å². The van der Waals surface area contributed by atoms with Crippen LogP contribution in [-0.4, -0.2) is 42.7 Å². The average Bonchev–Trinajstić information content (AvgIpc) is 1.44. The van der Waals surface area contributed by atoms with Crippen LogP contribution < -0.4 is 16.2 Å². The molecule has 12 aromatic carbocycles. The Hall–Kier alpha value is -12.8. The van der Waals surface area contributed by atoms with Crippen LogP contribution in [-0.2, 0) is 29.1 Å². The van der Waals surface area contributed by atoms with Gasteiger partial charge >= 0.3 is 5.97 Å². The number of hydrogen-bond donors (Lipinski definition) is 5. The molecule has 0 unspecified atom stereocenters. The zero-order valence-corrected chi connectivity index (χ0v) is 58.0. The molecule has 15 aromatic rings. The first-order valence-electron chi connectivity index (χ1n) is 34.1. The Bertz CT molecular complexity index is 5590. The molecule has 12 heteroatoms. The third kappa shape index (κ3) is 16.5. The van der Waals surface area contributed by atoms with E-state index < -0.39 is 0 Å². The fourth-order valence-electron chi connectivity index (χ4n) is 12.8. The van der Waals surface area contributed by atoms with E-state index in [0.29, 0.717) is 25.1 Å². The molecular formula is C90H77N7O5. The summed E-state index contributed by atoms with van der Waals surface area (Å²) in [6.07, 6.45) is 2.23. The zero-order valence-electron chi connectivity index (χ0n) is 58.0. The predicted octanol–water partition coefficient (Wildman–Crippen LogP) is 20.3. The van der Waals surface area contributed by atoms with Crippen LogP contribution in [0.4, 0.5) is 5.69 Å². The molecule has 3 aromatic heterocycles. The van der Waals surface area contributed by atoms with Gasteiger partial charge in [0.2, 0.25) is 11.5 Å². The molecule has 502 valence electrons. The Kier molecular flexibility index (Phi) is 20.3. The van der Waals surface area contributed by atoms with Crippen molar-refractivity contribution in [1.29, 1.82) is 0 Å². The van der Waals surface area contributed by atoms with Gasteiger partial charge < -0.3 is 30.3 Å². The first-order chi connectivity index (χ1) is 49.5. The second-order valence-electron chi connectivity index (χ2n) is 26.1. The zero-order chi connectivity index (χ0) is 70.8. The highest BCUT2D eigenvalue weighted by molar-refractivity contribution is 6.00. The van der Waals surface area contributed by atoms with Crippen molar-refractivity contribution in [2.75, 3.05) is 5.32 Å². The van der Waals surface area contributed by atoms with Gasteiger partial charge in [-0.2, -0.15) is 0 Å². The number of carbonyl (C=O) groups excluding carboxylic acids is 3. The monoisotopic (exact) mass is 1340 g/mol. The number of amides is 2. The minimum atomic E-state index is -0.212.